The number of hydrogen-bond acceptors (Lipinski definition) is 3. The number of anilines is 1. The first kappa shape index (κ1) is 17.1. The van der Waals surface area contributed by atoms with Crippen LogP contribution in [0, 0.1) is 5.92 Å². The lowest BCUT2D eigenvalue weighted by Gasteiger charge is -2.08. The number of amides is 1. The Morgan fingerprint density at radius 3 is 2.67 bits per heavy atom. The molecule has 2 aromatic carbocycles. The smallest absolute Gasteiger partial charge is 0.228 e. The topological polar surface area (TPSA) is 64.3 Å². The Bertz CT molecular complexity index is 734. The minimum Gasteiger partial charge on any atom is -0.492 e. The quantitative estimate of drug-likeness (QED) is 0.811. The van der Waals surface area contributed by atoms with Crippen LogP contribution in [-0.4, -0.2) is 19.1 Å². The van der Waals surface area contributed by atoms with E-state index in [4.69, 9.17) is 33.7 Å². The third-order valence-electron chi connectivity index (χ3n) is 4.02. The number of nitrogens with two attached hydrogens (primary N) is 1. The molecule has 0 saturated heterocycles. The van der Waals surface area contributed by atoms with Gasteiger partial charge in [-0.05, 0) is 48.2 Å². The van der Waals surface area contributed by atoms with E-state index in [1.807, 2.05) is 36.4 Å². The zero-order valence-corrected chi connectivity index (χ0v) is 14.5. The van der Waals surface area contributed by atoms with E-state index in [0.717, 1.165) is 23.4 Å². The predicted molar refractivity (Wildman–Crippen MR) is 96.9 cm³/mol. The first-order chi connectivity index (χ1) is 11.6. The molecule has 1 aliphatic rings. The monoisotopic (exact) mass is 364 g/mol. The molecule has 1 aliphatic carbocycles. The van der Waals surface area contributed by atoms with Crippen LogP contribution >= 0.6 is 23.2 Å². The SMILES string of the molecule is NCCOc1ccc(NC(=O)C2CC2c2cccc(Cl)c2Cl)cc1. The summed E-state index contributed by atoms with van der Waals surface area (Å²) in [6, 6.07) is 12.8. The molecule has 1 saturated carbocycles. The van der Waals surface area contributed by atoms with Gasteiger partial charge in [-0.2, -0.15) is 0 Å². The minimum atomic E-state index is -0.0749. The molecule has 2 atom stereocenters. The molecule has 0 bridgehead atoms. The number of halogens is 2. The molecule has 24 heavy (non-hydrogen) atoms. The van der Waals surface area contributed by atoms with E-state index in [1.54, 1.807) is 6.07 Å². The maximum atomic E-state index is 12.4. The van der Waals surface area contributed by atoms with Crippen LogP contribution in [0.15, 0.2) is 42.5 Å². The fourth-order valence-corrected chi connectivity index (χ4v) is 3.13. The van der Waals surface area contributed by atoms with Gasteiger partial charge >= 0.3 is 0 Å². The van der Waals surface area contributed by atoms with Crippen LogP contribution in [0.25, 0.3) is 0 Å². The van der Waals surface area contributed by atoms with Crippen LogP contribution in [0.2, 0.25) is 10.0 Å². The lowest BCUT2D eigenvalue weighted by molar-refractivity contribution is -0.117. The molecule has 4 nitrogen and oxygen atoms in total. The second kappa shape index (κ2) is 7.43. The van der Waals surface area contributed by atoms with Crippen molar-refractivity contribution < 1.29 is 9.53 Å². The van der Waals surface area contributed by atoms with Crippen molar-refractivity contribution in [1.82, 2.24) is 0 Å². The van der Waals surface area contributed by atoms with Crippen LogP contribution in [0.5, 0.6) is 5.75 Å². The van der Waals surface area contributed by atoms with Gasteiger partial charge in [-0.1, -0.05) is 35.3 Å². The van der Waals surface area contributed by atoms with Crippen molar-refractivity contribution in [2.24, 2.45) is 11.7 Å². The highest BCUT2D eigenvalue weighted by Gasteiger charge is 2.45. The number of nitrogens with one attached hydrogen (secondary N) is 1. The number of carbonyl (C=O) groups is 1. The Labute approximate surface area is 150 Å². The Morgan fingerprint density at radius 1 is 1.21 bits per heavy atom. The van der Waals surface area contributed by atoms with E-state index in [0.29, 0.717) is 23.2 Å². The molecule has 0 heterocycles. The van der Waals surface area contributed by atoms with Crippen molar-refractivity contribution >= 4 is 34.8 Å². The molecule has 3 rings (SSSR count). The Hall–Kier alpha value is -1.75. The van der Waals surface area contributed by atoms with Gasteiger partial charge in [-0.25, -0.2) is 0 Å². The molecule has 0 aromatic heterocycles. The second-order valence-electron chi connectivity index (χ2n) is 5.74. The summed E-state index contributed by atoms with van der Waals surface area (Å²) in [5, 5.41) is 3.99. The number of ether oxygens (including phenoxy) is 1. The molecular formula is C18H18Cl2N2O2. The molecule has 2 aromatic rings. The van der Waals surface area contributed by atoms with E-state index < -0.39 is 0 Å². The average molecular weight is 365 g/mol. The number of carbonyl (C=O) groups excluding carboxylic acids is 1. The van der Waals surface area contributed by atoms with E-state index in [2.05, 4.69) is 5.32 Å². The summed E-state index contributed by atoms with van der Waals surface area (Å²) in [7, 11) is 0. The Kier molecular flexibility index (Phi) is 5.29. The predicted octanol–water partition coefficient (Wildman–Crippen LogP) is 4.07. The average Bonchev–Trinajstić information content (AvgIpc) is 3.37. The molecule has 1 fully saturated rings. The molecule has 6 heteroatoms. The fraction of sp³-hybridized carbons (Fsp3) is 0.278. The van der Waals surface area contributed by atoms with Crippen molar-refractivity contribution in [2.45, 2.75) is 12.3 Å². The number of rotatable bonds is 6. The van der Waals surface area contributed by atoms with Gasteiger partial charge in [-0.15, -0.1) is 0 Å². The molecule has 0 radical (unpaired) electrons. The first-order valence-electron chi connectivity index (χ1n) is 7.78. The highest BCUT2D eigenvalue weighted by molar-refractivity contribution is 6.42. The molecule has 0 aliphatic heterocycles. The number of hydrogen-bond donors (Lipinski definition) is 2. The summed E-state index contributed by atoms with van der Waals surface area (Å²) < 4.78 is 5.41. The van der Waals surface area contributed by atoms with Crippen molar-refractivity contribution in [3.8, 4) is 5.75 Å². The highest BCUT2D eigenvalue weighted by atomic mass is 35.5. The summed E-state index contributed by atoms with van der Waals surface area (Å²) >= 11 is 12.3. The Balaban J connectivity index is 1.59. The van der Waals surface area contributed by atoms with Crippen LogP contribution < -0.4 is 15.8 Å². The third-order valence-corrected chi connectivity index (χ3v) is 4.85. The van der Waals surface area contributed by atoms with Crippen molar-refractivity contribution in [2.75, 3.05) is 18.5 Å². The van der Waals surface area contributed by atoms with E-state index in [-0.39, 0.29) is 17.7 Å². The Morgan fingerprint density at radius 2 is 1.96 bits per heavy atom. The largest absolute Gasteiger partial charge is 0.492 e. The molecule has 3 N–H and O–H groups in total. The van der Waals surface area contributed by atoms with Crippen LogP contribution in [-0.2, 0) is 4.79 Å². The standard InChI is InChI=1S/C18H18Cl2N2O2/c19-16-3-1-2-13(17(16)20)14-10-15(14)18(23)22-11-4-6-12(7-5-11)24-9-8-21/h1-7,14-15H,8-10,21H2,(H,22,23). The zero-order valence-electron chi connectivity index (χ0n) is 13.0. The van der Waals surface area contributed by atoms with Crippen LogP contribution in [0.4, 0.5) is 5.69 Å². The maximum Gasteiger partial charge on any atom is 0.228 e. The highest BCUT2D eigenvalue weighted by Crippen LogP contribution is 2.51. The van der Waals surface area contributed by atoms with E-state index in [1.165, 1.54) is 0 Å². The lowest BCUT2D eigenvalue weighted by Crippen LogP contribution is -2.14. The van der Waals surface area contributed by atoms with Gasteiger partial charge in [0.1, 0.15) is 12.4 Å². The van der Waals surface area contributed by atoms with Crippen LogP contribution in [0.3, 0.4) is 0 Å². The van der Waals surface area contributed by atoms with Gasteiger partial charge in [-0.3, -0.25) is 4.79 Å². The molecule has 126 valence electrons. The minimum absolute atomic E-state index is 0.00771. The maximum absolute atomic E-state index is 12.4. The lowest BCUT2D eigenvalue weighted by atomic mass is 10.1. The van der Waals surface area contributed by atoms with Gasteiger partial charge in [0.2, 0.25) is 5.91 Å². The van der Waals surface area contributed by atoms with Gasteiger partial charge in [0, 0.05) is 18.2 Å². The molecular weight excluding hydrogens is 347 g/mol. The summed E-state index contributed by atoms with van der Waals surface area (Å²) in [4.78, 5) is 12.4. The van der Waals surface area contributed by atoms with Gasteiger partial charge in [0.15, 0.2) is 0 Å². The summed E-state index contributed by atoms with van der Waals surface area (Å²) in [5.41, 5.74) is 7.07. The summed E-state index contributed by atoms with van der Waals surface area (Å²) in [6.07, 6.45) is 0.781. The normalized spacial score (nSPS) is 19.0. The third kappa shape index (κ3) is 3.83. The zero-order chi connectivity index (χ0) is 17.1. The molecule has 1 amide bonds. The van der Waals surface area contributed by atoms with Gasteiger partial charge < -0.3 is 15.8 Å². The number of benzene rings is 2. The van der Waals surface area contributed by atoms with Crippen molar-refractivity contribution in [3.05, 3.63) is 58.1 Å². The van der Waals surface area contributed by atoms with E-state index >= 15 is 0 Å². The van der Waals surface area contributed by atoms with Crippen LogP contribution in [0.1, 0.15) is 17.9 Å². The van der Waals surface area contributed by atoms with Crippen molar-refractivity contribution in [3.63, 3.8) is 0 Å². The second-order valence-corrected chi connectivity index (χ2v) is 6.53. The molecule has 0 spiro atoms. The van der Waals surface area contributed by atoms with Gasteiger partial charge in [0.05, 0.1) is 10.0 Å². The summed E-state index contributed by atoms with van der Waals surface area (Å²) in [6.45, 7) is 0.934. The molecule has 2 unspecified atom stereocenters. The summed E-state index contributed by atoms with van der Waals surface area (Å²) in [5.74, 6) is 0.776. The van der Waals surface area contributed by atoms with E-state index in [9.17, 15) is 4.79 Å². The van der Waals surface area contributed by atoms with Gasteiger partial charge in [0.25, 0.3) is 0 Å². The van der Waals surface area contributed by atoms with Crippen molar-refractivity contribution in [1.29, 1.82) is 0 Å². The first-order valence-corrected chi connectivity index (χ1v) is 8.53. The fourth-order valence-electron chi connectivity index (χ4n) is 2.68.